The summed E-state index contributed by atoms with van der Waals surface area (Å²) in [6.45, 7) is 3.64. The lowest BCUT2D eigenvalue weighted by Crippen LogP contribution is -2.34. The van der Waals surface area contributed by atoms with Crippen LogP contribution in [0.3, 0.4) is 0 Å². The number of amides is 1. The Balaban J connectivity index is 1.32. The molecule has 2 atom stereocenters. The number of carbonyl (C=O) groups excluding carboxylic acids is 1. The number of hydrogen-bond donors (Lipinski definition) is 1. The molecule has 2 aromatic carbocycles. The minimum Gasteiger partial charge on any atom is -0.497 e. The number of likely N-dealkylation sites (tertiary alicyclic amines) is 1. The summed E-state index contributed by atoms with van der Waals surface area (Å²) in [6, 6.07) is 13.9. The summed E-state index contributed by atoms with van der Waals surface area (Å²) in [7, 11) is 1.62. The highest BCUT2D eigenvalue weighted by atomic mass is 16.5. The van der Waals surface area contributed by atoms with Crippen LogP contribution in [0.4, 0.5) is 0 Å². The van der Waals surface area contributed by atoms with E-state index in [1.54, 1.807) is 13.2 Å². The number of methoxy groups -OCH3 is 1. The molecule has 1 amide bonds. The van der Waals surface area contributed by atoms with Crippen LogP contribution in [0.2, 0.25) is 0 Å². The first-order valence-electron chi connectivity index (χ1n) is 10.5. The van der Waals surface area contributed by atoms with Gasteiger partial charge in [-0.15, -0.1) is 0 Å². The molecular formula is C24H25N5O2. The molecule has 1 fully saturated rings. The molecule has 1 saturated heterocycles. The highest BCUT2D eigenvalue weighted by molar-refractivity contribution is 5.95. The number of ether oxygens (including phenoxy) is 1. The van der Waals surface area contributed by atoms with Crippen molar-refractivity contribution in [3.8, 4) is 16.9 Å². The summed E-state index contributed by atoms with van der Waals surface area (Å²) in [4.78, 5) is 15.1. The Kier molecular flexibility index (Phi) is 4.94. The molecule has 0 spiro atoms. The molecule has 1 unspecified atom stereocenters. The number of hydrogen-bond acceptors (Lipinski definition) is 4. The number of rotatable bonds is 5. The van der Waals surface area contributed by atoms with Gasteiger partial charge in [0.1, 0.15) is 5.75 Å². The average molecular weight is 415 g/mol. The van der Waals surface area contributed by atoms with Crippen molar-refractivity contribution < 1.29 is 9.53 Å². The van der Waals surface area contributed by atoms with Gasteiger partial charge in [-0.05, 0) is 55.2 Å². The second kappa shape index (κ2) is 7.91. The second-order valence-corrected chi connectivity index (χ2v) is 8.23. The van der Waals surface area contributed by atoms with Gasteiger partial charge in [-0.25, -0.2) is 0 Å². The van der Waals surface area contributed by atoms with Gasteiger partial charge in [0.2, 0.25) is 0 Å². The van der Waals surface area contributed by atoms with Gasteiger partial charge >= 0.3 is 0 Å². The topological polar surface area (TPSA) is 76.0 Å². The standard InChI is InChI=1S/C24H25N5O2/c1-16-8-17(14-28(16)24(30)19-4-3-5-22(10-19)31-2)15-29-23-7-6-18(9-20(23)13-27-29)21-11-25-26-12-21/h3-7,9-13,16-17H,8,14-15H2,1-2H3,(H,25,26)/t16-,17?/m0/s1. The molecule has 158 valence electrons. The lowest BCUT2D eigenvalue weighted by molar-refractivity contribution is 0.0741. The van der Waals surface area contributed by atoms with Crippen molar-refractivity contribution in [2.24, 2.45) is 5.92 Å². The van der Waals surface area contributed by atoms with Gasteiger partial charge in [-0.3, -0.25) is 14.6 Å². The van der Waals surface area contributed by atoms with E-state index >= 15 is 0 Å². The van der Waals surface area contributed by atoms with Crippen molar-refractivity contribution >= 4 is 16.8 Å². The molecule has 0 bridgehead atoms. The van der Waals surface area contributed by atoms with Crippen LogP contribution in [0.1, 0.15) is 23.7 Å². The van der Waals surface area contributed by atoms with Crippen molar-refractivity contribution in [2.45, 2.75) is 25.9 Å². The molecule has 7 heteroatoms. The van der Waals surface area contributed by atoms with Crippen LogP contribution >= 0.6 is 0 Å². The molecule has 2 aromatic heterocycles. The van der Waals surface area contributed by atoms with E-state index < -0.39 is 0 Å². The van der Waals surface area contributed by atoms with Gasteiger partial charge in [0.05, 0.1) is 25.0 Å². The second-order valence-electron chi connectivity index (χ2n) is 8.23. The van der Waals surface area contributed by atoms with Gasteiger partial charge < -0.3 is 9.64 Å². The Morgan fingerprint density at radius 3 is 2.90 bits per heavy atom. The SMILES string of the molecule is COc1cccc(C(=O)N2CC(Cn3ncc4cc(-c5cn[nH]c5)ccc43)C[C@@H]2C)c1. The molecule has 4 aromatic rings. The van der Waals surface area contributed by atoms with E-state index in [-0.39, 0.29) is 11.9 Å². The quantitative estimate of drug-likeness (QED) is 0.535. The summed E-state index contributed by atoms with van der Waals surface area (Å²) in [5.41, 5.74) is 3.96. The van der Waals surface area contributed by atoms with Gasteiger partial charge in [0.25, 0.3) is 5.91 Å². The van der Waals surface area contributed by atoms with Gasteiger partial charge in [-0.2, -0.15) is 10.2 Å². The molecule has 3 heterocycles. The molecular weight excluding hydrogens is 390 g/mol. The van der Waals surface area contributed by atoms with Crippen LogP contribution in [0.5, 0.6) is 5.75 Å². The zero-order valence-electron chi connectivity index (χ0n) is 17.7. The third-order valence-electron chi connectivity index (χ3n) is 6.14. The van der Waals surface area contributed by atoms with Crippen molar-refractivity contribution in [1.82, 2.24) is 24.9 Å². The first-order chi connectivity index (χ1) is 15.1. The molecule has 1 N–H and O–H groups in total. The lowest BCUT2D eigenvalue weighted by Gasteiger charge is -2.21. The number of carbonyl (C=O) groups is 1. The Labute approximate surface area is 180 Å². The Hall–Kier alpha value is -3.61. The van der Waals surface area contributed by atoms with Crippen molar-refractivity contribution in [3.05, 3.63) is 66.6 Å². The zero-order chi connectivity index (χ0) is 21.4. The van der Waals surface area contributed by atoms with Crippen LogP contribution in [-0.4, -0.2) is 50.5 Å². The monoisotopic (exact) mass is 415 g/mol. The predicted octanol–water partition coefficient (Wildman–Crippen LogP) is 3.99. The number of aromatic amines is 1. The molecule has 5 rings (SSSR count). The normalized spacial score (nSPS) is 18.6. The fourth-order valence-corrected chi connectivity index (χ4v) is 4.55. The van der Waals surface area contributed by atoms with E-state index in [0.29, 0.717) is 17.2 Å². The molecule has 31 heavy (non-hydrogen) atoms. The van der Waals surface area contributed by atoms with Crippen molar-refractivity contribution in [2.75, 3.05) is 13.7 Å². The maximum Gasteiger partial charge on any atom is 0.254 e. The third kappa shape index (κ3) is 3.67. The lowest BCUT2D eigenvalue weighted by atomic mass is 10.1. The maximum absolute atomic E-state index is 13.1. The van der Waals surface area contributed by atoms with E-state index in [0.717, 1.165) is 41.5 Å². The fraction of sp³-hybridized carbons (Fsp3) is 0.292. The van der Waals surface area contributed by atoms with Crippen molar-refractivity contribution in [3.63, 3.8) is 0 Å². The van der Waals surface area contributed by atoms with Gasteiger partial charge in [-0.1, -0.05) is 12.1 Å². The Morgan fingerprint density at radius 1 is 1.19 bits per heavy atom. The Bertz CT molecular complexity index is 1210. The largest absolute Gasteiger partial charge is 0.497 e. The number of benzene rings is 2. The molecule has 7 nitrogen and oxygen atoms in total. The zero-order valence-corrected chi connectivity index (χ0v) is 17.7. The van der Waals surface area contributed by atoms with Gasteiger partial charge in [0, 0.05) is 41.8 Å². The summed E-state index contributed by atoms with van der Waals surface area (Å²) in [5.74, 6) is 1.12. The smallest absolute Gasteiger partial charge is 0.254 e. The van der Waals surface area contributed by atoms with Crippen LogP contribution in [-0.2, 0) is 6.54 Å². The van der Waals surface area contributed by atoms with E-state index in [9.17, 15) is 4.79 Å². The van der Waals surface area contributed by atoms with Crippen LogP contribution in [0.15, 0.2) is 61.1 Å². The molecule has 0 saturated carbocycles. The molecule has 0 aliphatic carbocycles. The maximum atomic E-state index is 13.1. The fourth-order valence-electron chi connectivity index (χ4n) is 4.55. The van der Waals surface area contributed by atoms with Crippen LogP contribution in [0, 0.1) is 5.92 Å². The number of fused-ring (bicyclic) bond motifs is 1. The van der Waals surface area contributed by atoms with Gasteiger partial charge in [0.15, 0.2) is 0 Å². The van der Waals surface area contributed by atoms with Crippen LogP contribution in [0.25, 0.3) is 22.0 Å². The van der Waals surface area contributed by atoms with Crippen molar-refractivity contribution in [1.29, 1.82) is 0 Å². The van der Waals surface area contributed by atoms with E-state index in [4.69, 9.17) is 4.74 Å². The average Bonchev–Trinajstić information content (AvgIpc) is 3.54. The highest BCUT2D eigenvalue weighted by Crippen LogP contribution is 2.29. The summed E-state index contributed by atoms with van der Waals surface area (Å²) < 4.78 is 7.33. The highest BCUT2D eigenvalue weighted by Gasteiger charge is 2.33. The minimum absolute atomic E-state index is 0.0592. The summed E-state index contributed by atoms with van der Waals surface area (Å²) >= 11 is 0. The minimum atomic E-state index is 0.0592. The number of aromatic nitrogens is 4. The number of nitrogens with zero attached hydrogens (tertiary/aromatic N) is 4. The van der Waals surface area contributed by atoms with E-state index in [1.165, 1.54) is 0 Å². The first-order valence-corrected chi connectivity index (χ1v) is 10.5. The predicted molar refractivity (Wildman–Crippen MR) is 119 cm³/mol. The third-order valence-corrected chi connectivity index (χ3v) is 6.14. The number of nitrogens with one attached hydrogen (secondary N) is 1. The first kappa shape index (κ1) is 19.4. The molecule has 1 aliphatic rings. The van der Waals surface area contributed by atoms with Crippen LogP contribution < -0.4 is 4.74 Å². The summed E-state index contributed by atoms with van der Waals surface area (Å²) in [5, 5.41) is 12.6. The Morgan fingerprint density at radius 2 is 2.10 bits per heavy atom. The van der Waals surface area contributed by atoms with E-state index in [1.807, 2.05) is 41.7 Å². The summed E-state index contributed by atoms with van der Waals surface area (Å²) in [6.07, 6.45) is 6.58. The van der Waals surface area contributed by atoms with E-state index in [2.05, 4.69) is 45.1 Å². The molecule has 1 aliphatic heterocycles. The number of H-pyrrole nitrogens is 1. The molecule has 0 radical (unpaired) electrons.